The fourth-order valence-electron chi connectivity index (χ4n) is 1.75. The molecule has 1 N–H and O–H groups in total. The third-order valence-electron chi connectivity index (χ3n) is 2.68. The van der Waals surface area contributed by atoms with Gasteiger partial charge < -0.3 is 0 Å². The van der Waals surface area contributed by atoms with Gasteiger partial charge in [-0.15, -0.1) is 0 Å². The monoisotopic (exact) mass is 189 g/mol. The van der Waals surface area contributed by atoms with E-state index in [1.165, 1.54) is 0 Å². The van der Waals surface area contributed by atoms with E-state index in [0.29, 0.717) is 0 Å². The highest BCUT2D eigenvalue weighted by Gasteiger charge is 2.43. The van der Waals surface area contributed by atoms with E-state index in [1.54, 1.807) is 6.92 Å². The number of carbonyl (C=O) groups is 2. The van der Waals surface area contributed by atoms with Gasteiger partial charge in [0.2, 0.25) is 11.8 Å². The molecular formula is C11H11NO2. The van der Waals surface area contributed by atoms with Gasteiger partial charge in [-0.25, -0.2) is 0 Å². The van der Waals surface area contributed by atoms with Gasteiger partial charge in [0.25, 0.3) is 0 Å². The highest BCUT2D eigenvalue weighted by molar-refractivity contribution is 6.08. The van der Waals surface area contributed by atoms with Crippen molar-refractivity contribution < 1.29 is 9.59 Å². The number of imide groups is 1. The summed E-state index contributed by atoms with van der Waals surface area (Å²) in [5.74, 6) is -0.393. The molecule has 1 saturated heterocycles. The van der Waals surface area contributed by atoms with Crippen molar-refractivity contribution in [2.24, 2.45) is 0 Å². The summed E-state index contributed by atoms with van der Waals surface area (Å²) in [5, 5.41) is 2.33. The first-order valence-electron chi connectivity index (χ1n) is 4.53. The second-order valence-electron chi connectivity index (χ2n) is 3.75. The normalized spacial score (nSPS) is 26.4. The van der Waals surface area contributed by atoms with E-state index in [-0.39, 0.29) is 18.2 Å². The second-order valence-corrected chi connectivity index (χ2v) is 3.75. The molecule has 2 amide bonds. The maximum Gasteiger partial charge on any atom is 0.237 e. The summed E-state index contributed by atoms with van der Waals surface area (Å²) in [4.78, 5) is 22.7. The molecule has 0 radical (unpaired) electrons. The van der Waals surface area contributed by atoms with E-state index in [1.807, 2.05) is 30.3 Å². The standard InChI is InChI=1S/C11H11NO2/c1-11(7-9(13)12-10(11)14)8-5-3-2-4-6-8/h2-6H,7H2,1H3,(H,12,13,14)/t11-/m0/s1. The molecule has 14 heavy (non-hydrogen) atoms. The Balaban J connectivity index is 2.43. The molecule has 0 bridgehead atoms. The summed E-state index contributed by atoms with van der Waals surface area (Å²) in [7, 11) is 0. The fraction of sp³-hybridized carbons (Fsp3) is 0.273. The smallest absolute Gasteiger partial charge is 0.237 e. The highest BCUT2D eigenvalue weighted by Crippen LogP contribution is 2.31. The molecule has 3 nitrogen and oxygen atoms in total. The molecular weight excluding hydrogens is 178 g/mol. The first-order valence-corrected chi connectivity index (χ1v) is 4.53. The average molecular weight is 189 g/mol. The van der Waals surface area contributed by atoms with Crippen LogP contribution in [-0.4, -0.2) is 11.8 Å². The molecule has 72 valence electrons. The van der Waals surface area contributed by atoms with Gasteiger partial charge in [0.1, 0.15) is 0 Å². The Kier molecular flexibility index (Phi) is 1.88. The highest BCUT2D eigenvalue weighted by atomic mass is 16.2. The molecule has 1 aliphatic rings. The van der Waals surface area contributed by atoms with Gasteiger partial charge in [-0.2, -0.15) is 0 Å². The van der Waals surface area contributed by atoms with Gasteiger partial charge in [0.15, 0.2) is 0 Å². The van der Waals surface area contributed by atoms with Crippen molar-refractivity contribution in [2.45, 2.75) is 18.8 Å². The van der Waals surface area contributed by atoms with Crippen LogP contribution in [-0.2, 0) is 15.0 Å². The van der Waals surface area contributed by atoms with Crippen LogP contribution >= 0.6 is 0 Å². The van der Waals surface area contributed by atoms with E-state index in [2.05, 4.69) is 5.32 Å². The lowest BCUT2D eigenvalue weighted by molar-refractivity contribution is -0.126. The summed E-state index contributed by atoms with van der Waals surface area (Å²) in [6, 6.07) is 9.38. The Morgan fingerprint density at radius 2 is 1.86 bits per heavy atom. The predicted molar refractivity (Wildman–Crippen MR) is 51.6 cm³/mol. The molecule has 1 heterocycles. The molecule has 0 aromatic heterocycles. The van der Waals surface area contributed by atoms with Crippen LogP contribution in [0, 0.1) is 0 Å². The van der Waals surface area contributed by atoms with Gasteiger partial charge in [0, 0.05) is 6.42 Å². The van der Waals surface area contributed by atoms with Crippen molar-refractivity contribution in [3.05, 3.63) is 35.9 Å². The number of rotatable bonds is 1. The Labute approximate surface area is 82.1 Å². The first-order chi connectivity index (χ1) is 6.63. The van der Waals surface area contributed by atoms with E-state index in [9.17, 15) is 9.59 Å². The summed E-state index contributed by atoms with van der Waals surface area (Å²) >= 11 is 0. The number of hydrogen-bond acceptors (Lipinski definition) is 2. The zero-order valence-corrected chi connectivity index (χ0v) is 7.91. The van der Waals surface area contributed by atoms with Crippen molar-refractivity contribution in [3.8, 4) is 0 Å². The Hall–Kier alpha value is -1.64. The predicted octanol–water partition coefficient (Wildman–Crippen LogP) is 0.991. The first kappa shape index (κ1) is 8.94. The van der Waals surface area contributed by atoms with Gasteiger partial charge in [-0.3, -0.25) is 14.9 Å². The van der Waals surface area contributed by atoms with Crippen molar-refractivity contribution in [1.82, 2.24) is 5.32 Å². The van der Waals surface area contributed by atoms with Crippen LogP contribution in [0.4, 0.5) is 0 Å². The minimum absolute atomic E-state index is 0.193. The summed E-state index contributed by atoms with van der Waals surface area (Å²) < 4.78 is 0. The molecule has 0 unspecified atom stereocenters. The number of amides is 2. The third kappa shape index (κ3) is 1.21. The lowest BCUT2D eigenvalue weighted by Gasteiger charge is -2.19. The minimum atomic E-state index is -0.682. The number of hydrogen-bond donors (Lipinski definition) is 1. The van der Waals surface area contributed by atoms with E-state index >= 15 is 0 Å². The van der Waals surface area contributed by atoms with Crippen LogP contribution in [0.2, 0.25) is 0 Å². The van der Waals surface area contributed by atoms with E-state index in [0.717, 1.165) is 5.56 Å². The summed E-state index contributed by atoms with van der Waals surface area (Å²) in [6.45, 7) is 1.79. The van der Waals surface area contributed by atoms with Crippen LogP contribution in [0.1, 0.15) is 18.9 Å². The minimum Gasteiger partial charge on any atom is -0.296 e. The van der Waals surface area contributed by atoms with Crippen molar-refractivity contribution in [2.75, 3.05) is 0 Å². The van der Waals surface area contributed by atoms with Crippen LogP contribution in [0.5, 0.6) is 0 Å². The van der Waals surface area contributed by atoms with Crippen LogP contribution in [0.15, 0.2) is 30.3 Å². The van der Waals surface area contributed by atoms with E-state index < -0.39 is 5.41 Å². The maximum absolute atomic E-state index is 11.6. The molecule has 3 heteroatoms. The summed E-state index contributed by atoms with van der Waals surface area (Å²) in [5.41, 5.74) is 0.210. The molecule has 1 atom stereocenters. The van der Waals surface area contributed by atoms with Crippen molar-refractivity contribution >= 4 is 11.8 Å². The van der Waals surface area contributed by atoms with E-state index in [4.69, 9.17) is 0 Å². The van der Waals surface area contributed by atoms with Gasteiger partial charge in [0.05, 0.1) is 5.41 Å². The number of nitrogens with one attached hydrogen (secondary N) is 1. The molecule has 0 saturated carbocycles. The lowest BCUT2D eigenvalue weighted by Crippen LogP contribution is -2.32. The fourth-order valence-corrected chi connectivity index (χ4v) is 1.75. The second kappa shape index (κ2) is 2.94. The Morgan fingerprint density at radius 3 is 2.36 bits per heavy atom. The SMILES string of the molecule is C[C@@]1(c2ccccc2)CC(=O)NC1=O. The maximum atomic E-state index is 11.6. The number of carbonyl (C=O) groups excluding carboxylic acids is 2. The zero-order valence-electron chi connectivity index (χ0n) is 7.91. The molecule has 1 aliphatic heterocycles. The molecule has 1 aromatic rings. The quantitative estimate of drug-likeness (QED) is 0.670. The zero-order chi connectivity index (χ0) is 10.2. The Bertz CT molecular complexity index is 386. The number of benzene rings is 1. The molecule has 1 fully saturated rings. The third-order valence-corrected chi connectivity index (χ3v) is 2.68. The van der Waals surface area contributed by atoms with Crippen molar-refractivity contribution in [1.29, 1.82) is 0 Å². The molecule has 2 rings (SSSR count). The largest absolute Gasteiger partial charge is 0.296 e. The van der Waals surface area contributed by atoms with Crippen LogP contribution in [0.3, 0.4) is 0 Å². The van der Waals surface area contributed by atoms with Gasteiger partial charge in [-0.1, -0.05) is 30.3 Å². The molecule has 0 spiro atoms. The molecule has 0 aliphatic carbocycles. The lowest BCUT2D eigenvalue weighted by atomic mass is 9.81. The topological polar surface area (TPSA) is 46.2 Å². The van der Waals surface area contributed by atoms with Crippen LogP contribution < -0.4 is 5.32 Å². The van der Waals surface area contributed by atoms with Gasteiger partial charge in [-0.05, 0) is 12.5 Å². The van der Waals surface area contributed by atoms with Gasteiger partial charge >= 0.3 is 0 Å². The summed E-state index contributed by atoms with van der Waals surface area (Å²) in [6.07, 6.45) is 0.246. The Morgan fingerprint density at radius 1 is 1.21 bits per heavy atom. The van der Waals surface area contributed by atoms with Crippen LogP contribution in [0.25, 0.3) is 0 Å². The molecule has 1 aromatic carbocycles. The van der Waals surface area contributed by atoms with Crippen molar-refractivity contribution in [3.63, 3.8) is 0 Å². The average Bonchev–Trinajstić information content (AvgIpc) is 2.43.